The number of rotatable bonds is 5. The zero-order valence-corrected chi connectivity index (χ0v) is 11.7. The molecule has 0 fully saturated rings. The number of hydrogen-bond donors (Lipinski definition) is 2. The molecule has 0 aliphatic carbocycles. The highest BCUT2D eigenvalue weighted by Gasteiger charge is 2.18. The zero-order chi connectivity index (χ0) is 13.0. The molecule has 1 aromatic heterocycles. The molecule has 1 aromatic carbocycles. The highest BCUT2D eigenvalue weighted by molar-refractivity contribution is 9.10. The Bertz CT molecular complexity index is 467. The van der Waals surface area contributed by atoms with Gasteiger partial charge in [0, 0.05) is 10.5 Å². The summed E-state index contributed by atoms with van der Waals surface area (Å²) in [5.41, 5.74) is 1.11. The molecule has 4 heteroatoms. The van der Waals surface area contributed by atoms with Gasteiger partial charge in [-0.25, -0.2) is 0 Å². The van der Waals surface area contributed by atoms with Gasteiger partial charge < -0.3 is 9.52 Å². The van der Waals surface area contributed by atoms with Crippen LogP contribution < -0.4 is 5.32 Å². The van der Waals surface area contributed by atoms with Gasteiger partial charge >= 0.3 is 0 Å². The number of hydrogen-bond acceptors (Lipinski definition) is 3. The molecule has 1 heterocycles. The normalized spacial score (nSPS) is 14.4. The number of benzene rings is 1. The predicted octanol–water partition coefficient (Wildman–Crippen LogP) is 3.10. The lowest BCUT2D eigenvalue weighted by Gasteiger charge is -2.21. The number of furan rings is 1. The maximum atomic E-state index is 9.17. The van der Waals surface area contributed by atoms with E-state index >= 15 is 0 Å². The van der Waals surface area contributed by atoms with Gasteiger partial charge in [0.15, 0.2) is 0 Å². The molecular weight excluding hydrogens is 294 g/mol. The van der Waals surface area contributed by atoms with E-state index in [1.807, 2.05) is 43.3 Å². The van der Waals surface area contributed by atoms with Crippen molar-refractivity contribution in [3.8, 4) is 0 Å². The summed E-state index contributed by atoms with van der Waals surface area (Å²) in [4.78, 5) is 0. The summed E-state index contributed by atoms with van der Waals surface area (Å²) in [6.45, 7) is 2.03. The van der Waals surface area contributed by atoms with Crippen LogP contribution in [-0.2, 0) is 0 Å². The molecule has 2 atom stereocenters. The van der Waals surface area contributed by atoms with Gasteiger partial charge in [-0.15, -0.1) is 0 Å². The number of aliphatic hydroxyl groups is 1. The Balaban J connectivity index is 2.27. The summed E-state index contributed by atoms with van der Waals surface area (Å²) in [6, 6.07) is 11.8. The van der Waals surface area contributed by atoms with Gasteiger partial charge in [-0.05, 0) is 36.8 Å². The predicted molar refractivity (Wildman–Crippen MR) is 74.4 cm³/mol. The first-order valence-corrected chi connectivity index (χ1v) is 6.66. The van der Waals surface area contributed by atoms with Crippen LogP contribution in [-0.4, -0.2) is 17.8 Å². The highest BCUT2D eigenvalue weighted by atomic mass is 79.9. The van der Waals surface area contributed by atoms with Crippen molar-refractivity contribution in [2.75, 3.05) is 6.61 Å². The first-order chi connectivity index (χ1) is 8.70. The third-order valence-electron chi connectivity index (χ3n) is 2.76. The Hall–Kier alpha value is -1.10. The van der Waals surface area contributed by atoms with Gasteiger partial charge in [0.1, 0.15) is 5.76 Å². The van der Waals surface area contributed by atoms with E-state index in [9.17, 15) is 5.11 Å². The van der Waals surface area contributed by atoms with Crippen LogP contribution in [0.4, 0.5) is 0 Å². The van der Waals surface area contributed by atoms with Crippen LogP contribution in [0.15, 0.2) is 51.6 Å². The maximum absolute atomic E-state index is 9.17. The second-order valence-corrected chi connectivity index (χ2v) is 5.17. The quantitative estimate of drug-likeness (QED) is 0.892. The van der Waals surface area contributed by atoms with Crippen molar-refractivity contribution >= 4 is 15.9 Å². The summed E-state index contributed by atoms with van der Waals surface area (Å²) in [5, 5.41) is 12.5. The maximum Gasteiger partial charge on any atom is 0.125 e. The van der Waals surface area contributed by atoms with Crippen molar-refractivity contribution in [2.45, 2.75) is 19.0 Å². The molecule has 2 rings (SSSR count). The van der Waals surface area contributed by atoms with Crippen LogP contribution >= 0.6 is 15.9 Å². The molecule has 2 aromatic rings. The number of halogens is 1. The van der Waals surface area contributed by atoms with Crippen molar-refractivity contribution in [2.24, 2.45) is 0 Å². The fourth-order valence-corrected chi connectivity index (χ4v) is 2.05. The zero-order valence-electron chi connectivity index (χ0n) is 10.1. The minimum absolute atomic E-state index is 0.00347. The fraction of sp³-hybridized carbons (Fsp3) is 0.286. The molecule has 1 unspecified atom stereocenters. The smallest absolute Gasteiger partial charge is 0.125 e. The Morgan fingerprint density at radius 3 is 2.56 bits per heavy atom. The summed E-state index contributed by atoms with van der Waals surface area (Å²) >= 11 is 3.42. The summed E-state index contributed by atoms with van der Waals surface area (Å²) in [5.74, 6) is 0.845. The molecule has 3 nitrogen and oxygen atoms in total. The van der Waals surface area contributed by atoms with Crippen LogP contribution in [0.25, 0.3) is 0 Å². The summed E-state index contributed by atoms with van der Waals surface area (Å²) in [6.07, 6.45) is 1.66. The van der Waals surface area contributed by atoms with Gasteiger partial charge in [0.05, 0.1) is 18.9 Å². The van der Waals surface area contributed by atoms with Crippen molar-refractivity contribution in [3.63, 3.8) is 0 Å². The van der Waals surface area contributed by atoms with Crippen molar-refractivity contribution < 1.29 is 9.52 Å². The van der Waals surface area contributed by atoms with Gasteiger partial charge in [-0.3, -0.25) is 5.32 Å². The topological polar surface area (TPSA) is 45.4 Å². The number of aliphatic hydroxyl groups excluding tert-OH is 1. The minimum Gasteiger partial charge on any atom is -0.467 e. The second-order valence-electron chi connectivity index (χ2n) is 4.25. The van der Waals surface area contributed by atoms with E-state index in [1.165, 1.54) is 0 Å². The largest absolute Gasteiger partial charge is 0.467 e. The Kier molecular flexibility index (Phi) is 4.58. The molecule has 0 spiro atoms. The van der Waals surface area contributed by atoms with Gasteiger partial charge in [-0.1, -0.05) is 28.1 Å². The second kappa shape index (κ2) is 6.18. The lowest BCUT2D eigenvalue weighted by Crippen LogP contribution is -2.33. The van der Waals surface area contributed by atoms with Gasteiger partial charge in [0.2, 0.25) is 0 Å². The first kappa shape index (κ1) is 13.3. The molecule has 0 amide bonds. The van der Waals surface area contributed by atoms with Gasteiger partial charge in [0.25, 0.3) is 0 Å². The number of nitrogens with one attached hydrogen (secondary N) is 1. The van der Waals surface area contributed by atoms with E-state index in [4.69, 9.17) is 4.42 Å². The average molecular weight is 310 g/mol. The molecule has 2 N–H and O–H groups in total. The lowest BCUT2D eigenvalue weighted by molar-refractivity contribution is 0.241. The van der Waals surface area contributed by atoms with Crippen molar-refractivity contribution in [1.29, 1.82) is 0 Å². The van der Waals surface area contributed by atoms with Crippen LogP contribution in [0, 0.1) is 0 Å². The standard InChI is InChI=1S/C14H16BrNO2/c1-10(9-17)16-14(13-3-2-8-18-13)11-4-6-12(15)7-5-11/h2-8,10,14,16-17H,9H2,1H3/t10-,14?/m0/s1. The van der Waals surface area contributed by atoms with Gasteiger partial charge in [-0.2, -0.15) is 0 Å². The Morgan fingerprint density at radius 2 is 2.00 bits per heavy atom. The summed E-state index contributed by atoms with van der Waals surface area (Å²) < 4.78 is 6.51. The molecule has 0 radical (unpaired) electrons. The van der Waals surface area contributed by atoms with Crippen molar-refractivity contribution in [1.82, 2.24) is 5.32 Å². The SMILES string of the molecule is C[C@@H](CO)NC(c1ccc(Br)cc1)c1ccco1. The highest BCUT2D eigenvalue weighted by Crippen LogP contribution is 2.24. The monoisotopic (exact) mass is 309 g/mol. The molecule has 0 saturated carbocycles. The van der Waals surface area contributed by atoms with E-state index < -0.39 is 0 Å². The third-order valence-corrected chi connectivity index (χ3v) is 3.28. The minimum atomic E-state index is -0.0461. The van der Waals surface area contributed by atoms with Crippen LogP contribution in [0.1, 0.15) is 24.3 Å². The van der Waals surface area contributed by atoms with E-state index in [-0.39, 0.29) is 18.7 Å². The lowest BCUT2D eigenvalue weighted by atomic mass is 10.0. The first-order valence-electron chi connectivity index (χ1n) is 5.86. The molecule has 0 saturated heterocycles. The van der Waals surface area contributed by atoms with E-state index in [2.05, 4.69) is 21.2 Å². The molecule has 0 aliphatic heterocycles. The Morgan fingerprint density at radius 1 is 1.28 bits per heavy atom. The summed E-state index contributed by atoms with van der Waals surface area (Å²) in [7, 11) is 0. The van der Waals surface area contributed by atoms with Crippen LogP contribution in [0.5, 0.6) is 0 Å². The fourth-order valence-electron chi connectivity index (χ4n) is 1.79. The van der Waals surface area contributed by atoms with E-state index in [0.717, 1.165) is 15.8 Å². The third kappa shape index (κ3) is 3.22. The molecule has 96 valence electrons. The molecule has 0 bridgehead atoms. The molecule has 18 heavy (non-hydrogen) atoms. The van der Waals surface area contributed by atoms with E-state index in [0.29, 0.717) is 0 Å². The van der Waals surface area contributed by atoms with Crippen LogP contribution in [0.3, 0.4) is 0 Å². The van der Waals surface area contributed by atoms with E-state index in [1.54, 1.807) is 6.26 Å². The molecule has 0 aliphatic rings. The molecular formula is C14H16BrNO2. The van der Waals surface area contributed by atoms with Crippen LogP contribution in [0.2, 0.25) is 0 Å². The Labute approximate surface area is 115 Å². The van der Waals surface area contributed by atoms with Crippen molar-refractivity contribution in [3.05, 3.63) is 58.5 Å². The average Bonchev–Trinajstić information content (AvgIpc) is 2.90.